The maximum Gasteiger partial charge on any atom is 0.122 e. The Balaban J connectivity index is 2.29. The van der Waals surface area contributed by atoms with Crippen molar-refractivity contribution in [1.82, 2.24) is 0 Å². The number of hydrogen-bond donors (Lipinski definition) is 0. The normalized spacial score (nSPS) is 24.4. The minimum absolute atomic E-state index is 0.566. The summed E-state index contributed by atoms with van der Waals surface area (Å²) in [5, 5.41) is 0. The number of halogens is 1. The molecule has 0 saturated heterocycles. The minimum Gasteiger partial charge on any atom is -0.497 e. The van der Waals surface area contributed by atoms with E-state index in [4.69, 9.17) is 9.47 Å². The third-order valence-electron chi connectivity index (χ3n) is 3.73. The Kier molecular flexibility index (Phi) is 4.93. The lowest BCUT2D eigenvalue weighted by molar-refractivity contribution is 0.392. The van der Waals surface area contributed by atoms with Crippen LogP contribution in [-0.2, 0) is 0 Å². The zero-order valence-electron chi connectivity index (χ0n) is 11.1. The van der Waals surface area contributed by atoms with Gasteiger partial charge in [0.2, 0.25) is 0 Å². The molecule has 1 aliphatic rings. The molecule has 0 spiro atoms. The largest absolute Gasteiger partial charge is 0.497 e. The summed E-state index contributed by atoms with van der Waals surface area (Å²) in [6, 6.07) is 6.23. The lowest BCUT2D eigenvalue weighted by Gasteiger charge is -2.21. The fraction of sp³-hybridized carbons (Fsp3) is 0.600. The van der Waals surface area contributed by atoms with Gasteiger partial charge in [-0.1, -0.05) is 35.2 Å². The summed E-state index contributed by atoms with van der Waals surface area (Å²) >= 11 is 3.85. The van der Waals surface area contributed by atoms with Gasteiger partial charge < -0.3 is 9.47 Å². The van der Waals surface area contributed by atoms with Crippen molar-refractivity contribution in [2.24, 2.45) is 0 Å². The first-order valence-corrected chi connectivity index (χ1v) is 7.53. The highest BCUT2D eigenvalue weighted by Gasteiger charge is 2.23. The van der Waals surface area contributed by atoms with Gasteiger partial charge in [0.25, 0.3) is 0 Å². The van der Waals surface area contributed by atoms with E-state index < -0.39 is 0 Å². The van der Waals surface area contributed by atoms with E-state index in [9.17, 15) is 0 Å². The molecule has 2 unspecified atom stereocenters. The second-order valence-electron chi connectivity index (χ2n) is 4.91. The molecule has 0 bridgehead atoms. The first-order chi connectivity index (χ1) is 8.74. The van der Waals surface area contributed by atoms with Crippen molar-refractivity contribution in [3.63, 3.8) is 0 Å². The molecule has 3 heteroatoms. The van der Waals surface area contributed by atoms with Crippen LogP contribution in [0.2, 0.25) is 0 Å². The fourth-order valence-electron chi connectivity index (χ4n) is 2.68. The molecule has 0 N–H and O–H groups in total. The molecule has 1 aromatic rings. The zero-order chi connectivity index (χ0) is 13.0. The summed E-state index contributed by atoms with van der Waals surface area (Å²) in [5.74, 6) is 2.33. The molecule has 2 nitrogen and oxygen atoms in total. The van der Waals surface area contributed by atoms with Crippen LogP contribution in [0.25, 0.3) is 0 Å². The van der Waals surface area contributed by atoms with Crippen molar-refractivity contribution in [1.29, 1.82) is 0 Å². The number of ether oxygens (including phenoxy) is 2. The van der Waals surface area contributed by atoms with Gasteiger partial charge in [-0.3, -0.25) is 0 Å². The third-order valence-corrected chi connectivity index (χ3v) is 4.83. The Labute approximate surface area is 118 Å². The van der Waals surface area contributed by atoms with Gasteiger partial charge in [0.1, 0.15) is 11.5 Å². The van der Waals surface area contributed by atoms with E-state index in [-0.39, 0.29) is 0 Å². The van der Waals surface area contributed by atoms with Crippen LogP contribution in [0, 0.1) is 0 Å². The standard InChI is InChI=1S/C15H21BrO2/c1-17-12-8-11(9-13(10-12)18-2)14-6-4-3-5-7-15(14)16/h8-10,14-15H,3-7H2,1-2H3. The zero-order valence-corrected chi connectivity index (χ0v) is 12.7. The van der Waals surface area contributed by atoms with Crippen LogP contribution in [0.15, 0.2) is 18.2 Å². The Morgan fingerprint density at radius 1 is 0.944 bits per heavy atom. The van der Waals surface area contributed by atoms with Gasteiger partial charge in [-0.05, 0) is 36.5 Å². The van der Waals surface area contributed by atoms with Crippen LogP contribution >= 0.6 is 15.9 Å². The Morgan fingerprint density at radius 2 is 1.56 bits per heavy atom. The van der Waals surface area contributed by atoms with Crippen LogP contribution < -0.4 is 9.47 Å². The van der Waals surface area contributed by atoms with Gasteiger partial charge in [-0.2, -0.15) is 0 Å². The number of rotatable bonds is 3. The maximum atomic E-state index is 5.36. The average molecular weight is 313 g/mol. The topological polar surface area (TPSA) is 18.5 Å². The minimum atomic E-state index is 0.566. The molecular weight excluding hydrogens is 292 g/mol. The van der Waals surface area contributed by atoms with Crippen molar-refractivity contribution in [3.8, 4) is 11.5 Å². The number of benzene rings is 1. The molecule has 18 heavy (non-hydrogen) atoms. The predicted octanol–water partition coefficient (Wildman–Crippen LogP) is 4.52. The lowest BCUT2D eigenvalue weighted by atomic mass is 9.91. The molecule has 0 heterocycles. The molecule has 1 fully saturated rings. The molecule has 1 saturated carbocycles. The van der Waals surface area contributed by atoms with Crippen LogP contribution in [0.1, 0.15) is 43.6 Å². The first-order valence-electron chi connectivity index (χ1n) is 6.61. The van der Waals surface area contributed by atoms with E-state index in [1.165, 1.54) is 37.7 Å². The molecule has 1 aliphatic carbocycles. The van der Waals surface area contributed by atoms with Crippen molar-refractivity contribution >= 4 is 15.9 Å². The number of methoxy groups -OCH3 is 2. The SMILES string of the molecule is COc1cc(OC)cc(C2CCCCCC2Br)c1. The maximum absolute atomic E-state index is 5.36. The third kappa shape index (κ3) is 3.19. The van der Waals surface area contributed by atoms with E-state index in [0.29, 0.717) is 10.7 Å². The molecule has 0 aromatic heterocycles. The summed E-state index contributed by atoms with van der Waals surface area (Å²) in [6.45, 7) is 0. The van der Waals surface area contributed by atoms with Gasteiger partial charge in [-0.15, -0.1) is 0 Å². The highest BCUT2D eigenvalue weighted by atomic mass is 79.9. The van der Waals surface area contributed by atoms with Gasteiger partial charge in [0, 0.05) is 10.9 Å². The molecule has 1 aromatic carbocycles. The molecule has 2 rings (SSSR count). The smallest absolute Gasteiger partial charge is 0.122 e. The summed E-state index contributed by atoms with van der Waals surface area (Å²) in [5.41, 5.74) is 1.33. The van der Waals surface area contributed by atoms with Crippen molar-refractivity contribution in [3.05, 3.63) is 23.8 Å². The van der Waals surface area contributed by atoms with Crippen molar-refractivity contribution < 1.29 is 9.47 Å². The summed E-state index contributed by atoms with van der Waals surface area (Å²) in [4.78, 5) is 0.566. The summed E-state index contributed by atoms with van der Waals surface area (Å²) in [6.07, 6.45) is 6.48. The van der Waals surface area contributed by atoms with Gasteiger partial charge in [0.05, 0.1) is 14.2 Å². The fourth-order valence-corrected chi connectivity index (χ4v) is 3.57. The summed E-state index contributed by atoms with van der Waals surface area (Å²) < 4.78 is 10.7. The lowest BCUT2D eigenvalue weighted by Crippen LogP contribution is -2.11. The average Bonchev–Trinajstić information content (AvgIpc) is 2.62. The molecule has 0 aliphatic heterocycles. The van der Waals surface area contributed by atoms with E-state index in [2.05, 4.69) is 28.1 Å². The van der Waals surface area contributed by atoms with Crippen molar-refractivity contribution in [2.75, 3.05) is 14.2 Å². The first kappa shape index (κ1) is 13.7. The molecule has 0 radical (unpaired) electrons. The second kappa shape index (κ2) is 6.46. The van der Waals surface area contributed by atoms with E-state index >= 15 is 0 Å². The number of hydrogen-bond acceptors (Lipinski definition) is 2. The monoisotopic (exact) mass is 312 g/mol. The molecule has 100 valence electrons. The predicted molar refractivity (Wildman–Crippen MR) is 78.1 cm³/mol. The second-order valence-corrected chi connectivity index (χ2v) is 6.08. The van der Waals surface area contributed by atoms with Crippen LogP contribution in [0.4, 0.5) is 0 Å². The Bertz CT molecular complexity index is 370. The van der Waals surface area contributed by atoms with Gasteiger partial charge in [-0.25, -0.2) is 0 Å². The Morgan fingerprint density at radius 3 is 2.17 bits per heavy atom. The highest BCUT2D eigenvalue weighted by Crippen LogP contribution is 2.38. The Hall–Kier alpha value is -0.700. The van der Waals surface area contributed by atoms with E-state index in [1.54, 1.807) is 14.2 Å². The van der Waals surface area contributed by atoms with Crippen molar-refractivity contribution in [2.45, 2.75) is 42.8 Å². The van der Waals surface area contributed by atoms with Gasteiger partial charge in [0.15, 0.2) is 0 Å². The molecular formula is C15H21BrO2. The van der Waals surface area contributed by atoms with E-state index in [1.807, 2.05) is 6.07 Å². The molecule has 0 amide bonds. The van der Waals surface area contributed by atoms with E-state index in [0.717, 1.165) is 11.5 Å². The van der Waals surface area contributed by atoms with Gasteiger partial charge >= 0.3 is 0 Å². The van der Waals surface area contributed by atoms with Crippen LogP contribution in [0.3, 0.4) is 0 Å². The van der Waals surface area contributed by atoms with Crippen LogP contribution in [0.5, 0.6) is 11.5 Å². The summed E-state index contributed by atoms with van der Waals surface area (Å²) in [7, 11) is 3.41. The quantitative estimate of drug-likeness (QED) is 0.603. The number of alkyl halides is 1. The van der Waals surface area contributed by atoms with Crippen LogP contribution in [-0.4, -0.2) is 19.0 Å². The highest BCUT2D eigenvalue weighted by molar-refractivity contribution is 9.09. The molecule has 2 atom stereocenters.